The summed E-state index contributed by atoms with van der Waals surface area (Å²) in [6, 6.07) is 0. The van der Waals surface area contributed by atoms with Crippen molar-refractivity contribution in [1.29, 1.82) is 0 Å². The molecule has 0 bridgehead atoms. The summed E-state index contributed by atoms with van der Waals surface area (Å²) in [7, 11) is 0. The van der Waals surface area contributed by atoms with Crippen LogP contribution in [0.5, 0.6) is 0 Å². The van der Waals surface area contributed by atoms with E-state index in [1.807, 2.05) is 55.4 Å². The van der Waals surface area contributed by atoms with Crippen molar-refractivity contribution in [3.05, 3.63) is 0 Å². The zero-order valence-electron chi connectivity index (χ0n) is 24.8. The molecule has 38 heavy (non-hydrogen) atoms. The van der Waals surface area contributed by atoms with Crippen LogP contribution in [0.2, 0.25) is 0 Å². The molecule has 0 unspecified atom stereocenters. The van der Waals surface area contributed by atoms with Crippen molar-refractivity contribution in [2.24, 2.45) is 17.3 Å². The zero-order valence-corrected chi connectivity index (χ0v) is 24.8. The standard InChI is InChI=1S/C28H48N2O8/c1-11-21(33)37-29-24(3,4)13-18(14-25(29,5)6)28(23(35)36,17-20(31)32)19-15-26(7,8)30(27(9,10)16-19)38-22(34)12-2/h18-19H,11-17H2,1-10H3,(H,31,32)(H,35,36). The summed E-state index contributed by atoms with van der Waals surface area (Å²) in [5, 5.41) is 24.3. The molecule has 2 aliphatic heterocycles. The van der Waals surface area contributed by atoms with Crippen molar-refractivity contribution in [3.63, 3.8) is 0 Å². The Morgan fingerprint density at radius 2 is 0.974 bits per heavy atom. The van der Waals surface area contributed by atoms with Gasteiger partial charge >= 0.3 is 23.9 Å². The van der Waals surface area contributed by atoms with Crippen LogP contribution < -0.4 is 0 Å². The summed E-state index contributed by atoms with van der Waals surface area (Å²) in [4.78, 5) is 61.6. The molecule has 2 fully saturated rings. The number of piperidine rings is 2. The van der Waals surface area contributed by atoms with Gasteiger partial charge in [0.2, 0.25) is 0 Å². The average Bonchev–Trinajstić information content (AvgIpc) is 2.74. The maximum Gasteiger partial charge on any atom is 0.324 e. The van der Waals surface area contributed by atoms with Gasteiger partial charge in [-0.2, -0.15) is 0 Å². The Balaban J connectivity index is 2.63. The van der Waals surface area contributed by atoms with Gasteiger partial charge in [0.1, 0.15) is 0 Å². The largest absolute Gasteiger partial charge is 0.481 e. The van der Waals surface area contributed by atoms with Gasteiger partial charge in [0, 0.05) is 12.8 Å². The van der Waals surface area contributed by atoms with Crippen LogP contribution in [-0.4, -0.2) is 66.4 Å². The number of aliphatic carboxylic acids is 2. The molecule has 218 valence electrons. The molecule has 0 aromatic rings. The highest BCUT2D eigenvalue weighted by atomic mass is 16.7. The zero-order chi connectivity index (χ0) is 29.5. The molecule has 0 aromatic carbocycles. The summed E-state index contributed by atoms with van der Waals surface area (Å²) in [5.74, 6) is -4.09. The van der Waals surface area contributed by atoms with Crippen molar-refractivity contribution >= 4 is 23.9 Å². The molecular formula is C28H48N2O8. The van der Waals surface area contributed by atoms with E-state index >= 15 is 0 Å². The lowest BCUT2D eigenvalue weighted by Gasteiger charge is -2.60. The lowest BCUT2D eigenvalue weighted by Crippen LogP contribution is -2.67. The van der Waals surface area contributed by atoms with E-state index in [1.165, 1.54) is 0 Å². The highest BCUT2D eigenvalue weighted by Crippen LogP contribution is 2.58. The van der Waals surface area contributed by atoms with Gasteiger partial charge in [-0.05, 0) is 92.9 Å². The Morgan fingerprint density at radius 1 is 0.684 bits per heavy atom. The third kappa shape index (κ3) is 6.17. The number of rotatable bonds is 9. The molecule has 2 heterocycles. The van der Waals surface area contributed by atoms with Crippen LogP contribution in [0.3, 0.4) is 0 Å². The molecule has 0 atom stereocenters. The Hall–Kier alpha value is -2.20. The Labute approximate surface area is 226 Å². The Kier molecular flexibility index (Phi) is 9.06. The first-order valence-electron chi connectivity index (χ1n) is 13.6. The van der Waals surface area contributed by atoms with E-state index in [2.05, 4.69) is 0 Å². The van der Waals surface area contributed by atoms with Gasteiger partial charge < -0.3 is 19.9 Å². The highest BCUT2D eigenvalue weighted by molar-refractivity contribution is 5.82. The van der Waals surface area contributed by atoms with Crippen molar-refractivity contribution in [3.8, 4) is 0 Å². The van der Waals surface area contributed by atoms with Crippen molar-refractivity contribution in [1.82, 2.24) is 10.1 Å². The number of carboxylic acids is 2. The molecule has 10 nitrogen and oxygen atoms in total. The van der Waals surface area contributed by atoms with Gasteiger partial charge in [0.25, 0.3) is 0 Å². The SMILES string of the molecule is CCC(=O)ON1C(C)(C)CC(C(CC(=O)O)(C(=O)O)C2CC(C)(C)N(OC(=O)CC)C(C)(C)C2)CC1(C)C. The van der Waals surface area contributed by atoms with Crippen molar-refractivity contribution in [2.75, 3.05) is 0 Å². The first kappa shape index (κ1) is 32.0. The molecule has 0 amide bonds. The molecule has 10 heteroatoms. The van der Waals surface area contributed by atoms with E-state index in [-0.39, 0.29) is 24.8 Å². The van der Waals surface area contributed by atoms with Crippen LogP contribution >= 0.6 is 0 Å². The van der Waals surface area contributed by atoms with Crippen molar-refractivity contribution in [2.45, 2.75) is 136 Å². The maximum atomic E-state index is 13.3. The van der Waals surface area contributed by atoms with E-state index in [9.17, 15) is 29.4 Å². The summed E-state index contributed by atoms with van der Waals surface area (Å²) in [5.41, 5.74) is -4.54. The highest BCUT2D eigenvalue weighted by Gasteiger charge is 2.63. The third-order valence-corrected chi connectivity index (χ3v) is 8.45. The number of carboxylic acid groups (broad SMARTS) is 2. The fourth-order valence-corrected chi connectivity index (χ4v) is 7.38. The number of hydrogen-bond donors (Lipinski definition) is 2. The van der Waals surface area contributed by atoms with E-state index in [1.54, 1.807) is 24.0 Å². The second-order valence-electron chi connectivity index (χ2n) is 13.6. The van der Waals surface area contributed by atoms with Gasteiger partial charge in [-0.3, -0.25) is 19.2 Å². The smallest absolute Gasteiger partial charge is 0.324 e. The Morgan fingerprint density at radius 3 is 1.18 bits per heavy atom. The topological polar surface area (TPSA) is 134 Å². The number of hydrogen-bond acceptors (Lipinski definition) is 8. The van der Waals surface area contributed by atoms with Crippen LogP contribution in [0.15, 0.2) is 0 Å². The minimum atomic E-state index is -1.59. The second-order valence-corrected chi connectivity index (χ2v) is 13.6. The summed E-state index contributed by atoms with van der Waals surface area (Å²) < 4.78 is 0. The Bertz CT molecular complexity index is 845. The second kappa shape index (κ2) is 10.8. The quantitative estimate of drug-likeness (QED) is 0.420. The summed E-state index contributed by atoms with van der Waals surface area (Å²) in [6.45, 7) is 18.6. The van der Waals surface area contributed by atoms with E-state index in [4.69, 9.17) is 9.68 Å². The fourth-order valence-electron chi connectivity index (χ4n) is 7.38. The molecule has 0 saturated carbocycles. The molecular weight excluding hydrogens is 492 g/mol. The minimum absolute atomic E-state index is 0.204. The van der Waals surface area contributed by atoms with Gasteiger partial charge in [0.15, 0.2) is 0 Å². The van der Waals surface area contributed by atoms with Crippen LogP contribution in [0.1, 0.15) is 114 Å². The monoisotopic (exact) mass is 540 g/mol. The summed E-state index contributed by atoms with van der Waals surface area (Å²) >= 11 is 0. The molecule has 0 aromatic heterocycles. The lowest BCUT2D eigenvalue weighted by atomic mass is 9.53. The van der Waals surface area contributed by atoms with E-state index in [0.717, 1.165) is 0 Å². The van der Waals surface area contributed by atoms with Gasteiger partial charge in [-0.1, -0.05) is 13.8 Å². The number of carbonyl (C=O) groups is 4. The van der Waals surface area contributed by atoms with Gasteiger partial charge in [-0.25, -0.2) is 0 Å². The first-order chi connectivity index (χ1) is 17.2. The van der Waals surface area contributed by atoms with Crippen LogP contribution in [0.4, 0.5) is 0 Å². The molecule has 2 saturated heterocycles. The van der Waals surface area contributed by atoms with Crippen molar-refractivity contribution < 1.29 is 39.1 Å². The predicted molar refractivity (Wildman–Crippen MR) is 141 cm³/mol. The molecule has 2 aliphatic rings. The van der Waals surface area contributed by atoms with E-state index in [0.29, 0.717) is 25.7 Å². The first-order valence-corrected chi connectivity index (χ1v) is 13.6. The number of hydroxylamine groups is 4. The third-order valence-electron chi connectivity index (χ3n) is 8.45. The van der Waals surface area contributed by atoms with Crippen LogP contribution in [-0.2, 0) is 28.9 Å². The molecule has 2 N–H and O–H groups in total. The van der Waals surface area contributed by atoms with Gasteiger partial charge in [-0.15, -0.1) is 10.1 Å². The number of carbonyl (C=O) groups excluding carboxylic acids is 2. The average molecular weight is 541 g/mol. The molecule has 2 rings (SSSR count). The predicted octanol–water partition coefficient (Wildman–Crippen LogP) is 4.81. The fraction of sp³-hybridized carbons (Fsp3) is 0.857. The summed E-state index contributed by atoms with van der Waals surface area (Å²) in [6.07, 6.45) is 1.21. The van der Waals surface area contributed by atoms with Gasteiger partial charge in [0.05, 0.1) is 34.0 Å². The lowest BCUT2D eigenvalue weighted by molar-refractivity contribution is -0.290. The van der Waals surface area contributed by atoms with E-state index < -0.39 is 57.8 Å². The van der Waals surface area contributed by atoms with Crippen LogP contribution in [0.25, 0.3) is 0 Å². The maximum absolute atomic E-state index is 13.3. The number of nitrogens with zero attached hydrogens (tertiary/aromatic N) is 2. The minimum Gasteiger partial charge on any atom is -0.481 e. The molecule has 0 aliphatic carbocycles. The molecule has 0 spiro atoms. The normalized spacial score (nSPS) is 23.9. The van der Waals surface area contributed by atoms with Crippen LogP contribution in [0, 0.1) is 17.3 Å². The molecule has 0 radical (unpaired) electrons.